The van der Waals surface area contributed by atoms with E-state index in [4.69, 9.17) is 0 Å². The molecule has 2 atom stereocenters. The summed E-state index contributed by atoms with van der Waals surface area (Å²) in [6, 6.07) is 24.4. The number of carbonyl (C=O) groups excluding carboxylic acids is 2. The molecule has 0 unspecified atom stereocenters. The minimum absolute atomic E-state index is 0.226. The number of urea groups is 2. The zero-order valence-electron chi connectivity index (χ0n) is 22.4. The van der Waals surface area contributed by atoms with Gasteiger partial charge in [0, 0.05) is 0 Å². The van der Waals surface area contributed by atoms with Crippen LogP contribution in [-0.4, -0.2) is 35.5 Å². The molecule has 3 rings (SSSR count). The molecule has 3 aromatic carbocycles. The first-order chi connectivity index (χ1) is 18.1. The van der Waals surface area contributed by atoms with Crippen LogP contribution < -0.4 is 21.3 Å². The number of rotatable bonds is 10. The molecule has 0 bridgehead atoms. The van der Waals surface area contributed by atoms with Crippen molar-refractivity contribution in [1.82, 2.24) is 21.3 Å². The molecule has 202 valence electrons. The molecule has 3 aromatic rings. The van der Waals surface area contributed by atoms with Gasteiger partial charge in [-0.25, -0.2) is 9.59 Å². The van der Waals surface area contributed by atoms with Crippen molar-refractivity contribution in [2.45, 2.75) is 50.9 Å². The molecule has 8 heteroatoms. The highest BCUT2D eigenvalue weighted by Crippen LogP contribution is 2.27. The highest BCUT2D eigenvalue weighted by Gasteiger charge is 2.29. The summed E-state index contributed by atoms with van der Waals surface area (Å²) in [6.07, 6.45) is 0. The summed E-state index contributed by atoms with van der Waals surface area (Å²) < 4.78 is 0. The molecule has 0 saturated heterocycles. The van der Waals surface area contributed by atoms with E-state index in [2.05, 4.69) is 21.3 Å². The molecule has 4 amide bonds. The number of nitrogens with one attached hydrogen (secondary N) is 4. The lowest BCUT2D eigenvalue weighted by Gasteiger charge is -2.32. The lowest BCUT2D eigenvalue weighted by molar-refractivity contribution is 0.208. The van der Waals surface area contributed by atoms with Gasteiger partial charge in [0.05, 0.1) is 36.4 Å². The van der Waals surface area contributed by atoms with E-state index in [1.165, 1.54) is 0 Å². The summed E-state index contributed by atoms with van der Waals surface area (Å²) in [5.41, 5.74) is 1.82. The van der Waals surface area contributed by atoms with Gasteiger partial charge in [0.2, 0.25) is 0 Å². The smallest absolute Gasteiger partial charge is 0.316 e. The maximum absolute atomic E-state index is 12.8. The Bertz CT molecular complexity index is 1110. The molecule has 0 saturated carbocycles. The number of hydrogen-bond acceptors (Lipinski definition) is 4. The Balaban J connectivity index is 1.68. The van der Waals surface area contributed by atoms with E-state index in [9.17, 15) is 19.8 Å². The van der Waals surface area contributed by atoms with Gasteiger partial charge in [-0.15, -0.1) is 0 Å². The lowest BCUT2D eigenvalue weighted by Crippen LogP contribution is -2.49. The monoisotopic (exact) mass is 518 g/mol. The van der Waals surface area contributed by atoms with E-state index >= 15 is 0 Å². The topological polar surface area (TPSA) is 123 Å². The van der Waals surface area contributed by atoms with Gasteiger partial charge in [-0.3, -0.25) is 0 Å². The van der Waals surface area contributed by atoms with Crippen LogP contribution in [0.3, 0.4) is 0 Å². The quantitative estimate of drug-likeness (QED) is 0.241. The van der Waals surface area contributed by atoms with Gasteiger partial charge in [-0.05, 0) is 49.9 Å². The first-order valence-corrected chi connectivity index (χ1v) is 12.7. The fraction of sp³-hybridized carbons (Fsp3) is 0.333. The molecule has 38 heavy (non-hydrogen) atoms. The van der Waals surface area contributed by atoms with Gasteiger partial charge in [0.15, 0.2) is 0 Å². The maximum atomic E-state index is 12.8. The zero-order chi connectivity index (χ0) is 27.8. The van der Waals surface area contributed by atoms with Crippen molar-refractivity contribution < 1.29 is 19.8 Å². The zero-order valence-corrected chi connectivity index (χ0v) is 22.4. The molecule has 0 fully saturated rings. The molecule has 6 N–H and O–H groups in total. The lowest BCUT2D eigenvalue weighted by atomic mass is 9.87. The third kappa shape index (κ3) is 7.57. The van der Waals surface area contributed by atoms with Gasteiger partial charge >= 0.3 is 12.1 Å². The van der Waals surface area contributed by atoms with Crippen molar-refractivity contribution in [2.24, 2.45) is 0 Å². The van der Waals surface area contributed by atoms with Gasteiger partial charge in [-0.2, -0.15) is 0 Å². The van der Waals surface area contributed by atoms with Crippen molar-refractivity contribution in [2.75, 3.05) is 13.2 Å². The van der Waals surface area contributed by atoms with Crippen LogP contribution in [0.4, 0.5) is 9.59 Å². The summed E-state index contributed by atoms with van der Waals surface area (Å²) in [5, 5.41) is 31.2. The fourth-order valence-corrected chi connectivity index (χ4v) is 4.24. The van der Waals surface area contributed by atoms with E-state index in [1.54, 1.807) is 0 Å². The molecular formula is C30H38N4O4. The van der Waals surface area contributed by atoms with Crippen molar-refractivity contribution in [3.8, 4) is 0 Å². The summed E-state index contributed by atoms with van der Waals surface area (Å²) >= 11 is 0. The van der Waals surface area contributed by atoms with Crippen LogP contribution in [0, 0.1) is 0 Å². The maximum Gasteiger partial charge on any atom is 0.316 e. The van der Waals surface area contributed by atoms with Gasteiger partial charge in [0.1, 0.15) is 0 Å². The number of amides is 4. The van der Waals surface area contributed by atoms with Gasteiger partial charge in [0.25, 0.3) is 0 Å². The fourth-order valence-electron chi connectivity index (χ4n) is 4.24. The van der Waals surface area contributed by atoms with E-state index in [0.717, 1.165) is 22.3 Å². The Labute approximate surface area is 224 Å². The Kier molecular flexibility index (Phi) is 9.50. The van der Waals surface area contributed by atoms with Crippen molar-refractivity contribution >= 4 is 12.1 Å². The number of aliphatic hydroxyl groups is 2. The minimum atomic E-state index is -0.746. The molecule has 0 aliphatic carbocycles. The average molecular weight is 519 g/mol. The molecular weight excluding hydrogens is 480 g/mol. The Hall–Kier alpha value is -3.88. The van der Waals surface area contributed by atoms with E-state index in [0.29, 0.717) is 0 Å². The molecule has 0 heterocycles. The summed E-state index contributed by atoms with van der Waals surface area (Å²) in [6.45, 7) is 7.11. The second kappa shape index (κ2) is 12.6. The van der Waals surface area contributed by atoms with Crippen LogP contribution in [0.25, 0.3) is 0 Å². The van der Waals surface area contributed by atoms with Crippen LogP contribution in [0.5, 0.6) is 0 Å². The molecule has 0 aromatic heterocycles. The second-order valence-electron chi connectivity index (χ2n) is 10.3. The van der Waals surface area contributed by atoms with Crippen molar-refractivity contribution in [3.63, 3.8) is 0 Å². The molecule has 0 aliphatic heterocycles. The minimum Gasteiger partial charge on any atom is -0.394 e. The number of hydrogen-bond donors (Lipinski definition) is 6. The Morgan fingerprint density at radius 3 is 1.34 bits per heavy atom. The number of benzene rings is 3. The molecule has 0 spiro atoms. The van der Waals surface area contributed by atoms with Crippen molar-refractivity contribution in [3.05, 3.63) is 107 Å². The second-order valence-corrected chi connectivity index (χ2v) is 10.3. The molecule has 8 nitrogen and oxygen atoms in total. The van der Waals surface area contributed by atoms with E-state index in [-0.39, 0.29) is 13.2 Å². The number of aliphatic hydroxyl groups excluding tert-OH is 2. The van der Waals surface area contributed by atoms with Gasteiger partial charge < -0.3 is 31.5 Å². The van der Waals surface area contributed by atoms with Crippen LogP contribution in [0.15, 0.2) is 84.9 Å². The van der Waals surface area contributed by atoms with Crippen LogP contribution in [0.1, 0.15) is 62.0 Å². The largest absolute Gasteiger partial charge is 0.394 e. The third-order valence-corrected chi connectivity index (χ3v) is 6.54. The predicted molar refractivity (Wildman–Crippen MR) is 148 cm³/mol. The molecule has 0 aliphatic rings. The summed E-state index contributed by atoms with van der Waals surface area (Å²) in [5.74, 6) is 0. The third-order valence-electron chi connectivity index (χ3n) is 6.54. The first kappa shape index (κ1) is 28.7. The first-order valence-electron chi connectivity index (χ1n) is 12.7. The molecule has 0 radical (unpaired) electrons. The normalized spacial score (nSPS) is 13.2. The van der Waals surface area contributed by atoms with E-state index < -0.39 is 35.2 Å². The standard InChI is InChI=1S/C30H38N4O4/c1-29(2,33-27(37)31-25(19-35)21-12-7-5-8-13-21)23-16-11-17-24(18-23)30(3,4)34-28(38)32-26(20-36)22-14-9-6-10-15-22/h5-18,25-26,35-36H,19-20H2,1-4H3,(H2,31,33,37)(H2,32,34,38)/t25-,26-/m0/s1. The van der Waals surface area contributed by atoms with E-state index in [1.807, 2.05) is 113 Å². The SMILES string of the molecule is CC(C)(NC(=O)N[C@@H](CO)c1ccccc1)c1cccc(C(C)(C)NC(=O)N[C@@H](CO)c2ccccc2)c1. The van der Waals surface area contributed by atoms with Crippen LogP contribution >= 0.6 is 0 Å². The Morgan fingerprint density at radius 1 is 0.632 bits per heavy atom. The highest BCUT2D eigenvalue weighted by molar-refractivity contribution is 5.76. The van der Waals surface area contributed by atoms with Crippen LogP contribution in [-0.2, 0) is 11.1 Å². The summed E-state index contributed by atoms with van der Waals surface area (Å²) in [7, 11) is 0. The van der Waals surface area contributed by atoms with Gasteiger partial charge in [-0.1, -0.05) is 84.9 Å². The number of carbonyl (C=O) groups is 2. The summed E-state index contributed by atoms with van der Waals surface area (Å²) in [4.78, 5) is 25.7. The predicted octanol–water partition coefficient (Wildman–Crippen LogP) is 4.22. The Morgan fingerprint density at radius 2 is 1.00 bits per heavy atom. The van der Waals surface area contributed by atoms with Crippen LogP contribution in [0.2, 0.25) is 0 Å². The van der Waals surface area contributed by atoms with Crippen molar-refractivity contribution in [1.29, 1.82) is 0 Å². The average Bonchev–Trinajstić information content (AvgIpc) is 2.91. The highest BCUT2D eigenvalue weighted by atomic mass is 16.3.